The van der Waals surface area contributed by atoms with Crippen LogP contribution in [0.5, 0.6) is 0 Å². The predicted molar refractivity (Wildman–Crippen MR) is 133 cm³/mol. The number of hydrogen-bond donors (Lipinski definition) is 1. The second-order valence-electron chi connectivity index (χ2n) is 7.48. The summed E-state index contributed by atoms with van der Waals surface area (Å²) in [5.74, 6) is -1.68. The molecule has 4 nitrogen and oxygen atoms in total. The number of halogens is 6. The first kappa shape index (κ1) is 25.4. The number of benzene rings is 3. The summed E-state index contributed by atoms with van der Waals surface area (Å²) in [6.45, 7) is 1.90. The van der Waals surface area contributed by atoms with Crippen LogP contribution in [0.2, 0.25) is 15.1 Å². The molecule has 0 atom stereocenters. The zero-order valence-corrected chi connectivity index (χ0v) is 20.8. The van der Waals surface area contributed by atoms with Gasteiger partial charge in [0.05, 0.1) is 26.3 Å². The Morgan fingerprint density at radius 3 is 2.11 bits per heavy atom. The third kappa shape index (κ3) is 5.30. The minimum absolute atomic E-state index is 0.0154. The number of rotatable bonds is 5. The number of imide groups is 1. The van der Waals surface area contributed by atoms with E-state index in [1.165, 1.54) is 12.1 Å². The molecular formula is C24H14Cl3F3N2O2S. The van der Waals surface area contributed by atoms with Crippen molar-refractivity contribution in [2.45, 2.75) is 18.0 Å². The van der Waals surface area contributed by atoms with Crippen molar-refractivity contribution in [3.8, 4) is 0 Å². The Kier molecular flexibility index (Phi) is 7.11. The van der Waals surface area contributed by atoms with E-state index in [2.05, 4.69) is 5.32 Å². The van der Waals surface area contributed by atoms with Gasteiger partial charge in [0.15, 0.2) is 0 Å². The number of hydrogen-bond acceptors (Lipinski definition) is 4. The predicted octanol–water partition coefficient (Wildman–Crippen LogP) is 7.96. The Hall–Kier alpha value is -2.65. The average Bonchev–Trinajstić information content (AvgIpc) is 3.01. The highest BCUT2D eigenvalue weighted by atomic mass is 35.5. The highest BCUT2D eigenvalue weighted by Gasteiger charge is 2.42. The van der Waals surface area contributed by atoms with Crippen LogP contribution in [-0.2, 0) is 15.8 Å². The van der Waals surface area contributed by atoms with Gasteiger partial charge in [-0.15, -0.1) is 0 Å². The van der Waals surface area contributed by atoms with Crippen LogP contribution < -0.4 is 10.2 Å². The van der Waals surface area contributed by atoms with Crippen LogP contribution in [0.25, 0.3) is 0 Å². The standard InChI is InChI=1S/C24H14Cl3F3N2O2S/c1-12-2-6-15(7-3-12)35-21-20(31-14-5-9-16(25)18(27)11-14)22(33)32(23(21)34)19-10-13(24(28,29)30)4-8-17(19)26/h2-11,31H,1H3. The molecule has 0 spiro atoms. The fourth-order valence-corrected chi connectivity index (χ4v) is 4.66. The number of alkyl halides is 3. The number of anilines is 2. The zero-order chi connectivity index (χ0) is 25.5. The Bertz CT molecular complexity index is 1380. The summed E-state index contributed by atoms with van der Waals surface area (Å²) in [7, 11) is 0. The first-order valence-corrected chi connectivity index (χ1v) is 11.9. The number of aryl methyl sites for hydroxylation is 1. The summed E-state index contributed by atoms with van der Waals surface area (Å²) in [5, 5.41) is 3.18. The van der Waals surface area contributed by atoms with E-state index in [-0.39, 0.29) is 31.4 Å². The maximum Gasteiger partial charge on any atom is 0.416 e. The molecule has 0 fully saturated rings. The molecule has 1 aliphatic rings. The average molecular weight is 558 g/mol. The molecule has 0 unspecified atom stereocenters. The van der Waals surface area contributed by atoms with Gasteiger partial charge in [-0.05, 0) is 55.5 Å². The third-order valence-electron chi connectivity index (χ3n) is 4.99. The summed E-state index contributed by atoms with van der Waals surface area (Å²) >= 11 is 19.2. The molecule has 3 aromatic carbocycles. The molecule has 0 aliphatic carbocycles. The molecule has 0 saturated heterocycles. The topological polar surface area (TPSA) is 49.4 Å². The van der Waals surface area contributed by atoms with Gasteiger partial charge >= 0.3 is 6.18 Å². The molecular weight excluding hydrogens is 544 g/mol. The molecule has 0 bridgehead atoms. The van der Waals surface area contributed by atoms with E-state index >= 15 is 0 Å². The van der Waals surface area contributed by atoms with Crippen molar-refractivity contribution in [1.29, 1.82) is 0 Å². The van der Waals surface area contributed by atoms with Gasteiger partial charge in [0.2, 0.25) is 0 Å². The van der Waals surface area contributed by atoms with Gasteiger partial charge in [0, 0.05) is 10.6 Å². The summed E-state index contributed by atoms with van der Waals surface area (Å²) in [4.78, 5) is 28.1. The minimum Gasteiger partial charge on any atom is -0.350 e. The van der Waals surface area contributed by atoms with Crippen molar-refractivity contribution in [2.24, 2.45) is 0 Å². The summed E-state index contributed by atoms with van der Waals surface area (Å²) in [5.41, 5.74) is -0.203. The third-order valence-corrected chi connectivity index (χ3v) is 7.13. The van der Waals surface area contributed by atoms with Crippen molar-refractivity contribution in [3.05, 3.63) is 97.5 Å². The Morgan fingerprint density at radius 2 is 1.49 bits per heavy atom. The quantitative estimate of drug-likeness (QED) is 0.323. The first-order chi connectivity index (χ1) is 16.5. The lowest BCUT2D eigenvalue weighted by molar-refractivity contribution is -0.137. The SMILES string of the molecule is Cc1ccc(SC2=C(Nc3ccc(Cl)c(Cl)c3)C(=O)N(c3cc(C(F)(F)F)ccc3Cl)C2=O)cc1. The van der Waals surface area contributed by atoms with Gasteiger partial charge in [-0.25, -0.2) is 4.90 Å². The van der Waals surface area contributed by atoms with Gasteiger partial charge in [0.1, 0.15) is 10.6 Å². The molecule has 11 heteroatoms. The lowest BCUT2D eigenvalue weighted by atomic mass is 10.2. The summed E-state index contributed by atoms with van der Waals surface area (Å²) < 4.78 is 40.0. The van der Waals surface area contributed by atoms with Gasteiger partial charge in [-0.1, -0.05) is 64.3 Å². The van der Waals surface area contributed by atoms with E-state index in [1.54, 1.807) is 18.2 Å². The zero-order valence-electron chi connectivity index (χ0n) is 17.7. The van der Waals surface area contributed by atoms with Crippen molar-refractivity contribution in [3.63, 3.8) is 0 Å². The highest BCUT2D eigenvalue weighted by molar-refractivity contribution is 8.04. The van der Waals surface area contributed by atoms with E-state index < -0.39 is 23.6 Å². The van der Waals surface area contributed by atoms with Gasteiger partial charge in [-0.2, -0.15) is 13.2 Å². The molecule has 4 rings (SSSR count). The molecule has 180 valence electrons. The molecule has 0 aromatic heterocycles. The van der Waals surface area contributed by atoms with Crippen LogP contribution in [0, 0.1) is 6.92 Å². The van der Waals surface area contributed by atoms with Crippen molar-refractivity contribution >= 4 is 69.8 Å². The van der Waals surface area contributed by atoms with E-state index in [0.29, 0.717) is 21.5 Å². The van der Waals surface area contributed by atoms with E-state index in [4.69, 9.17) is 34.8 Å². The fourth-order valence-electron chi connectivity index (χ4n) is 3.24. The molecule has 1 heterocycles. The van der Waals surface area contributed by atoms with Crippen LogP contribution >= 0.6 is 46.6 Å². The number of carbonyl (C=O) groups is 2. The Balaban J connectivity index is 1.79. The lowest BCUT2D eigenvalue weighted by Gasteiger charge is -2.18. The normalized spacial score (nSPS) is 14.2. The fraction of sp³-hybridized carbons (Fsp3) is 0.0833. The van der Waals surface area contributed by atoms with E-state index in [9.17, 15) is 22.8 Å². The van der Waals surface area contributed by atoms with Crippen LogP contribution in [0.4, 0.5) is 24.5 Å². The van der Waals surface area contributed by atoms with Gasteiger partial charge in [-0.3, -0.25) is 9.59 Å². The van der Waals surface area contributed by atoms with E-state index in [0.717, 1.165) is 29.5 Å². The van der Waals surface area contributed by atoms with E-state index in [1.807, 2.05) is 19.1 Å². The number of thioether (sulfide) groups is 1. The number of nitrogens with zero attached hydrogens (tertiary/aromatic N) is 1. The molecule has 0 saturated carbocycles. The molecule has 2 amide bonds. The second-order valence-corrected chi connectivity index (χ2v) is 9.79. The van der Waals surface area contributed by atoms with Crippen molar-refractivity contribution in [1.82, 2.24) is 0 Å². The molecule has 0 radical (unpaired) electrons. The van der Waals surface area contributed by atoms with Gasteiger partial charge < -0.3 is 5.32 Å². The lowest BCUT2D eigenvalue weighted by Crippen LogP contribution is -2.33. The molecule has 1 N–H and O–H groups in total. The molecule has 1 aliphatic heterocycles. The monoisotopic (exact) mass is 556 g/mol. The van der Waals surface area contributed by atoms with Crippen LogP contribution in [0.1, 0.15) is 11.1 Å². The number of carbonyl (C=O) groups excluding carboxylic acids is 2. The second kappa shape index (κ2) is 9.78. The smallest absolute Gasteiger partial charge is 0.350 e. The van der Waals surface area contributed by atoms with Crippen molar-refractivity contribution < 1.29 is 22.8 Å². The molecule has 3 aromatic rings. The largest absolute Gasteiger partial charge is 0.416 e. The van der Waals surface area contributed by atoms with Crippen LogP contribution in [0.15, 0.2) is 76.2 Å². The number of amides is 2. The summed E-state index contributed by atoms with van der Waals surface area (Å²) in [6, 6.07) is 14.2. The Labute approximate surface area is 217 Å². The molecule has 35 heavy (non-hydrogen) atoms. The highest BCUT2D eigenvalue weighted by Crippen LogP contribution is 2.42. The van der Waals surface area contributed by atoms with Crippen LogP contribution in [0.3, 0.4) is 0 Å². The minimum atomic E-state index is -4.70. The maximum absolute atomic E-state index is 13.4. The summed E-state index contributed by atoms with van der Waals surface area (Å²) in [6.07, 6.45) is -4.70. The van der Waals surface area contributed by atoms with Crippen LogP contribution in [-0.4, -0.2) is 11.8 Å². The Morgan fingerprint density at radius 1 is 0.829 bits per heavy atom. The van der Waals surface area contributed by atoms with Gasteiger partial charge in [0.25, 0.3) is 11.8 Å². The number of nitrogens with one attached hydrogen (secondary N) is 1. The first-order valence-electron chi connectivity index (χ1n) is 9.92. The maximum atomic E-state index is 13.4. The van der Waals surface area contributed by atoms with Crippen molar-refractivity contribution in [2.75, 3.05) is 10.2 Å².